The minimum Gasteiger partial charge on any atom is -0.360 e. The van der Waals surface area contributed by atoms with Gasteiger partial charge in [0.2, 0.25) is 0 Å². The monoisotopic (exact) mass is 304 g/mol. The molecule has 1 amide bonds. The van der Waals surface area contributed by atoms with Gasteiger partial charge in [0, 0.05) is 18.6 Å². The molecule has 1 atom stereocenters. The average molecular weight is 304 g/mol. The molecule has 0 aliphatic heterocycles. The van der Waals surface area contributed by atoms with Crippen molar-refractivity contribution in [3.63, 3.8) is 0 Å². The number of aryl methyl sites for hydroxylation is 1. The van der Waals surface area contributed by atoms with E-state index in [1.54, 1.807) is 17.1 Å². The summed E-state index contributed by atoms with van der Waals surface area (Å²) in [7, 11) is 0. The highest BCUT2D eigenvalue weighted by Gasteiger charge is 2.27. The number of anilines is 1. The van der Waals surface area contributed by atoms with E-state index in [0.29, 0.717) is 30.6 Å². The summed E-state index contributed by atoms with van der Waals surface area (Å²) in [6.45, 7) is 5.07. The van der Waals surface area contributed by atoms with Crippen LogP contribution in [0.25, 0.3) is 0 Å². The molecule has 0 bridgehead atoms. The van der Waals surface area contributed by atoms with Gasteiger partial charge in [-0.3, -0.25) is 4.79 Å². The summed E-state index contributed by atoms with van der Waals surface area (Å²) in [5.74, 6) is 1.14. The van der Waals surface area contributed by atoms with Crippen LogP contribution in [-0.4, -0.2) is 27.5 Å². The van der Waals surface area contributed by atoms with Gasteiger partial charge >= 0.3 is 0 Å². The van der Waals surface area contributed by atoms with Crippen molar-refractivity contribution in [2.75, 3.05) is 11.9 Å². The van der Waals surface area contributed by atoms with Gasteiger partial charge in [-0.25, -0.2) is 4.68 Å². The molecule has 1 unspecified atom stereocenters. The Balaban J connectivity index is 1.70. The Morgan fingerprint density at radius 2 is 2.45 bits per heavy atom. The van der Waals surface area contributed by atoms with Gasteiger partial charge in [0.25, 0.3) is 5.91 Å². The standard InChI is InChI=1S/C15H20N4O3/c1-3-21-9-19-8-11(7-16-19)17-15(20)14-12-6-10(2)4-5-13(12)22-18-14/h7-8,10H,3-6,9H2,1-2H3,(H,17,20). The van der Waals surface area contributed by atoms with Crippen LogP contribution >= 0.6 is 0 Å². The molecule has 0 spiro atoms. The van der Waals surface area contributed by atoms with E-state index in [9.17, 15) is 4.79 Å². The van der Waals surface area contributed by atoms with Crippen LogP contribution in [-0.2, 0) is 24.3 Å². The molecule has 2 aromatic rings. The average Bonchev–Trinajstić information content (AvgIpc) is 3.11. The highest BCUT2D eigenvalue weighted by molar-refractivity contribution is 6.03. The molecule has 1 aliphatic carbocycles. The molecule has 2 heterocycles. The van der Waals surface area contributed by atoms with E-state index in [-0.39, 0.29) is 5.91 Å². The predicted octanol–water partition coefficient (Wildman–Crippen LogP) is 2.24. The number of nitrogens with zero attached hydrogens (tertiary/aromatic N) is 3. The second-order valence-corrected chi connectivity index (χ2v) is 5.63. The lowest BCUT2D eigenvalue weighted by Crippen LogP contribution is -2.17. The van der Waals surface area contributed by atoms with E-state index in [1.807, 2.05) is 6.92 Å². The third-order valence-corrected chi connectivity index (χ3v) is 3.82. The largest absolute Gasteiger partial charge is 0.360 e. The Morgan fingerprint density at radius 1 is 1.59 bits per heavy atom. The molecule has 118 valence electrons. The van der Waals surface area contributed by atoms with E-state index in [1.165, 1.54) is 0 Å². The van der Waals surface area contributed by atoms with Gasteiger partial charge in [0.05, 0.1) is 18.1 Å². The molecule has 1 aliphatic rings. The first kappa shape index (κ1) is 14.8. The Hall–Kier alpha value is -2.15. The first-order valence-corrected chi connectivity index (χ1v) is 7.56. The fourth-order valence-electron chi connectivity index (χ4n) is 2.63. The fraction of sp³-hybridized carbons (Fsp3) is 0.533. The van der Waals surface area contributed by atoms with Crippen molar-refractivity contribution in [1.29, 1.82) is 0 Å². The van der Waals surface area contributed by atoms with E-state index < -0.39 is 0 Å². The second kappa shape index (κ2) is 6.31. The lowest BCUT2D eigenvalue weighted by Gasteiger charge is -2.16. The molecule has 0 saturated carbocycles. The van der Waals surface area contributed by atoms with Crippen molar-refractivity contribution < 1.29 is 14.1 Å². The summed E-state index contributed by atoms with van der Waals surface area (Å²) >= 11 is 0. The van der Waals surface area contributed by atoms with Crippen LogP contribution in [0, 0.1) is 5.92 Å². The fourth-order valence-corrected chi connectivity index (χ4v) is 2.63. The molecule has 0 fully saturated rings. The summed E-state index contributed by atoms with van der Waals surface area (Å²) in [5, 5.41) is 10.9. The molecule has 0 aromatic carbocycles. The van der Waals surface area contributed by atoms with Crippen molar-refractivity contribution >= 4 is 11.6 Å². The molecular formula is C15H20N4O3. The minimum atomic E-state index is -0.255. The van der Waals surface area contributed by atoms with E-state index >= 15 is 0 Å². The van der Waals surface area contributed by atoms with E-state index in [2.05, 4.69) is 22.5 Å². The lowest BCUT2D eigenvalue weighted by molar-refractivity contribution is 0.0792. The number of amides is 1. The third kappa shape index (κ3) is 3.04. The summed E-state index contributed by atoms with van der Waals surface area (Å²) in [4.78, 5) is 12.4. The van der Waals surface area contributed by atoms with Crippen molar-refractivity contribution in [2.24, 2.45) is 5.92 Å². The number of fused-ring (bicyclic) bond motifs is 1. The van der Waals surface area contributed by atoms with Gasteiger partial charge in [0.1, 0.15) is 12.5 Å². The molecule has 0 radical (unpaired) electrons. The van der Waals surface area contributed by atoms with Crippen LogP contribution in [0.1, 0.15) is 42.1 Å². The van der Waals surface area contributed by atoms with Gasteiger partial charge in [-0.15, -0.1) is 0 Å². The van der Waals surface area contributed by atoms with Crippen LogP contribution in [0.5, 0.6) is 0 Å². The molecule has 2 aromatic heterocycles. The van der Waals surface area contributed by atoms with Gasteiger partial charge in [0.15, 0.2) is 5.69 Å². The highest BCUT2D eigenvalue weighted by atomic mass is 16.5. The van der Waals surface area contributed by atoms with Crippen molar-refractivity contribution in [3.05, 3.63) is 29.4 Å². The predicted molar refractivity (Wildman–Crippen MR) is 79.5 cm³/mol. The number of rotatable bonds is 5. The topological polar surface area (TPSA) is 82.2 Å². The maximum absolute atomic E-state index is 12.4. The highest BCUT2D eigenvalue weighted by Crippen LogP contribution is 2.28. The van der Waals surface area contributed by atoms with Crippen LogP contribution in [0.2, 0.25) is 0 Å². The van der Waals surface area contributed by atoms with Crippen LogP contribution in [0.4, 0.5) is 5.69 Å². The maximum Gasteiger partial charge on any atom is 0.278 e. The molecule has 0 saturated heterocycles. The first-order chi connectivity index (χ1) is 10.7. The number of carbonyl (C=O) groups is 1. The van der Waals surface area contributed by atoms with Crippen LogP contribution < -0.4 is 5.32 Å². The van der Waals surface area contributed by atoms with Crippen molar-refractivity contribution in [2.45, 2.75) is 39.8 Å². The zero-order chi connectivity index (χ0) is 15.5. The minimum absolute atomic E-state index is 0.255. The number of nitrogens with one attached hydrogen (secondary N) is 1. The van der Waals surface area contributed by atoms with Gasteiger partial charge < -0.3 is 14.6 Å². The number of ether oxygens (including phenoxy) is 1. The number of aromatic nitrogens is 3. The van der Waals surface area contributed by atoms with Gasteiger partial charge in [-0.1, -0.05) is 12.1 Å². The maximum atomic E-state index is 12.4. The molecule has 22 heavy (non-hydrogen) atoms. The summed E-state index contributed by atoms with van der Waals surface area (Å²) in [6, 6.07) is 0. The second-order valence-electron chi connectivity index (χ2n) is 5.63. The Morgan fingerprint density at radius 3 is 3.27 bits per heavy atom. The van der Waals surface area contributed by atoms with Crippen LogP contribution in [0.15, 0.2) is 16.9 Å². The quantitative estimate of drug-likeness (QED) is 0.916. The molecule has 7 heteroatoms. The zero-order valence-electron chi connectivity index (χ0n) is 12.8. The summed E-state index contributed by atoms with van der Waals surface area (Å²) in [6.07, 6.45) is 6.08. The zero-order valence-corrected chi connectivity index (χ0v) is 12.8. The molecular weight excluding hydrogens is 284 g/mol. The third-order valence-electron chi connectivity index (χ3n) is 3.82. The van der Waals surface area contributed by atoms with E-state index in [4.69, 9.17) is 9.26 Å². The van der Waals surface area contributed by atoms with Crippen LogP contribution in [0.3, 0.4) is 0 Å². The summed E-state index contributed by atoms with van der Waals surface area (Å²) < 4.78 is 12.2. The first-order valence-electron chi connectivity index (χ1n) is 7.56. The van der Waals surface area contributed by atoms with Crippen molar-refractivity contribution in [1.82, 2.24) is 14.9 Å². The number of carbonyl (C=O) groups excluding carboxylic acids is 1. The molecule has 1 N–H and O–H groups in total. The van der Waals surface area contributed by atoms with Crippen molar-refractivity contribution in [3.8, 4) is 0 Å². The molecule has 7 nitrogen and oxygen atoms in total. The Bertz CT molecular complexity index is 662. The normalized spacial score (nSPS) is 17.3. The Kier molecular flexibility index (Phi) is 4.24. The smallest absolute Gasteiger partial charge is 0.278 e. The SMILES string of the molecule is CCOCn1cc(NC(=O)c2noc3c2CC(C)CC3)cn1. The van der Waals surface area contributed by atoms with E-state index in [0.717, 1.165) is 30.6 Å². The number of hydrogen-bond acceptors (Lipinski definition) is 5. The van der Waals surface area contributed by atoms with Gasteiger partial charge in [-0.05, 0) is 25.7 Å². The van der Waals surface area contributed by atoms with Gasteiger partial charge in [-0.2, -0.15) is 5.10 Å². The lowest BCUT2D eigenvalue weighted by atomic mass is 9.88. The Labute approximate surface area is 128 Å². The molecule has 3 rings (SSSR count). The number of hydrogen-bond donors (Lipinski definition) is 1. The summed E-state index contributed by atoms with van der Waals surface area (Å²) in [5.41, 5.74) is 1.95.